The van der Waals surface area contributed by atoms with Gasteiger partial charge in [-0.25, -0.2) is 0 Å². The Kier molecular flexibility index (Phi) is 10.2. The van der Waals surface area contributed by atoms with Gasteiger partial charge in [-0.15, -0.1) is 24.8 Å². The molecule has 2 aliphatic rings. The van der Waals surface area contributed by atoms with Crippen molar-refractivity contribution in [2.24, 2.45) is 0 Å². The molecule has 0 bridgehead atoms. The first-order chi connectivity index (χ1) is 10.4. The van der Waals surface area contributed by atoms with Crippen LogP contribution >= 0.6 is 24.8 Å². The van der Waals surface area contributed by atoms with Crippen LogP contribution in [-0.4, -0.2) is 55.1 Å². The molecular weight excluding hydrogens is 329 g/mol. The van der Waals surface area contributed by atoms with Crippen molar-refractivity contribution in [2.75, 3.05) is 39.3 Å². The molecule has 0 saturated carbocycles. The summed E-state index contributed by atoms with van der Waals surface area (Å²) in [7, 11) is 0. The Balaban J connectivity index is 0.00000132. The van der Waals surface area contributed by atoms with Gasteiger partial charge >= 0.3 is 0 Å². The zero-order valence-corrected chi connectivity index (χ0v) is 15.6. The molecule has 2 fully saturated rings. The Morgan fingerprint density at radius 2 is 1.61 bits per heavy atom. The van der Waals surface area contributed by atoms with Gasteiger partial charge in [-0.3, -0.25) is 4.90 Å². The Morgan fingerprint density at radius 1 is 0.913 bits per heavy atom. The monoisotopic (exact) mass is 359 g/mol. The van der Waals surface area contributed by atoms with E-state index in [1.807, 2.05) is 0 Å². The second-order valence-corrected chi connectivity index (χ2v) is 6.54. The molecule has 1 atom stereocenters. The molecule has 2 aliphatic heterocycles. The lowest BCUT2D eigenvalue weighted by atomic mass is 10.0. The fraction of sp³-hybridized carbons (Fsp3) is 0.667. The van der Waals surface area contributed by atoms with Crippen LogP contribution in [0.4, 0.5) is 0 Å². The van der Waals surface area contributed by atoms with Crippen LogP contribution in [0.15, 0.2) is 30.3 Å². The minimum absolute atomic E-state index is 0. The second kappa shape index (κ2) is 11.3. The minimum atomic E-state index is 0. The van der Waals surface area contributed by atoms with Crippen LogP contribution in [0.2, 0.25) is 0 Å². The summed E-state index contributed by atoms with van der Waals surface area (Å²) < 4.78 is 0. The maximum atomic E-state index is 3.66. The van der Waals surface area contributed by atoms with Crippen molar-refractivity contribution in [1.29, 1.82) is 0 Å². The number of piperidine rings is 1. The molecule has 3 rings (SSSR count). The van der Waals surface area contributed by atoms with Crippen molar-refractivity contribution in [3.63, 3.8) is 0 Å². The molecular formula is C18H31Cl2N3. The average Bonchev–Trinajstić information content (AvgIpc) is 2.56. The highest BCUT2D eigenvalue weighted by Gasteiger charge is 2.19. The smallest absolute Gasteiger partial charge is 0.0234 e. The number of hydrogen-bond acceptors (Lipinski definition) is 3. The zero-order chi connectivity index (χ0) is 14.3. The lowest BCUT2D eigenvalue weighted by molar-refractivity contribution is 0.122. The van der Waals surface area contributed by atoms with Gasteiger partial charge in [0, 0.05) is 38.8 Å². The summed E-state index contributed by atoms with van der Waals surface area (Å²) in [5.41, 5.74) is 1.44. The molecule has 1 N–H and O–H groups in total. The SMILES string of the molecule is Cl.Cl.c1ccc(CN2CCN(CCC3CCCCN3)CC2)cc1. The highest BCUT2D eigenvalue weighted by atomic mass is 35.5. The summed E-state index contributed by atoms with van der Waals surface area (Å²) in [6.45, 7) is 8.52. The number of nitrogens with one attached hydrogen (secondary N) is 1. The summed E-state index contributed by atoms with van der Waals surface area (Å²) in [5.74, 6) is 0. The van der Waals surface area contributed by atoms with Gasteiger partial charge in [0.15, 0.2) is 0 Å². The second-order valence-electron chi connectivity index (χ2n) is 6.54. The van der Waals surface area contributed by atoms with Crippen LogP contribution < -0.4 is 5.32 Å². The van der Waals surface area contributed by atoms with Crippen molar-refractivity contribution < 1.29 is 0 Å². The summed E-state index contributed by atoms with van der Waals surface area (Å²) in [6.07, 6.45) is 5.50. The van der Waals surface area contributed by atoms with E-state index in [0.717, 1.165) is 12.6 Å². The van der Waals surface area contributed by atoms with E-state index in [2.05, 4.69) is 45.4 Å². The van der Waals surface area contributed by atoms with Gasteiger partial charge in [0.25, 0.3) is 0 Å². The quantitative estimate of drug-likeness (QED) is 0.870. The fourth-order valence-corrected chi connectivity index (χ4v) is 3.52. The summed E-state index contributed by atoms with van der Waals surface area (Å²) in [6, 6.07) is 11.6. The van der Waals surface area contributed by atoms with E-state index in [4.69, 9.17) is 0 Å². The van der Waals surface area contributed by atoms with Crippen molar-refractivity contribution in [3.05, 3.63) is 35.9 Å². The van der Waals surface area contributed by atoms with Crippen LogP contribution in [0.3, 0.4) is 0 Å². The van der Waals surface area contributed by atoms with Crippen LogP contribution in [0.1, 0.15) is 31.2 Å². The van der Waals surface area contributed by atoms with Gasteiger partial charge in [0.05, 0.1) is 0 Å². The van der Waals surface area contributed by atoms with Gasteiger partial charge < -0.3 is 10.2 Å². The molecule has 2 saturated heterocycles. The molecule has 0 radical (unpaired) electrons. The molecule has 1 aromatic rings. The van der Waals surface area contributed by atoms with E-state index in [1.165, 1.54) is 70.5 Å². The lowest BCUT2D eigenvalue weighted by Gasteiger charge is -2.35. The molecule has 2 heterocycles. The van der Waals surface area contributed by atoms with Gasteiger partial charge in [0.1, 0.15) is 0 Å². The predicted octanol–water partition coefficient (Wildman–Crippen LogP) is 3.18. The van der Waals surface area contributed by atoms with Crippen LogP contribution in [0.25, 0.3) is 0 Å². The lowest BCUT2D eigenvalue weighted by Crippen LogP contribution is -2.47. The van der Waals surface area contributed by atoms with E-state index in [1.54, 1.807) is 0 Å². The fourth-order valence-electron chi connectivity index (χ4n) is 3.52. The molecule has 3 nitrogen and oxygen atoms in total. The highest BCUT2D eigenvalue weighted by Crippen LogP contribution is 2.12. The molecule has 23 heavy (non-hydrogen) atoms. The van der Waals surface area contributed by atoms with E-state index < -0.39 is 0 Å². The normalized spacial score (nSPS) is 22.9. The molecule has 0 amide bonds. The number of nitrogens with zero attached hydrogens (tertiary/aromatic N) is 2. The van der Waals surface area contributed by atoms with Crippen molar-refractivity contribution >= 4 is 24.8 Å². The standard InChI is InChI=1S/C18H29N3.2ClH/c1-2-6-17(7-3-1)16-21-14-12-20(13-15-21)11-9-18-8-4-5-10-19-18;;/h1-3,6-7,18-19H,4-5,8-16H2;2*1H. The van der Waals surface area contributed by atoms with Crippen molar-refractivity contribution in [2.45, 2.75) is 38.3 Å². The largest absolute Gasteiger partial charge is 0.314 e. The molecule has 132 valence electrons. The van der Waals surface area contributed by atoms with Gasteiger partial charge in [-0.05, 0) is 37.9 Å². The summed E-state index contributed by atoms with van der Waals surface area (Å²) in [4.78, 5) is 5.24. The van der Waals surface area contributed by atoms with Crippen LogP contribution in [0, 0.1) is 0 Å². The van der Waals surface area contributed by atoms with Crippen molar-refractivity contribution in [1.82, 2.24) is 15.1 Å². The van der Waals surface area contributed by atoms with Crippen LogP contribution in [0.5, 0.6) is 0 Å². The Hall–Kier alpha value is -0.320. The summed E-state index contributed by atoms with van der Waals surface area (Å²) >= 11 is 0. The maximum absolute atomic E-state index is 3.66. The van der Waals surface area contributed by atoms with E-state index in [9.17, 15) is 0 Å². The molecule has 1 unspecified atom stereocenters. The maximum Gasteiger partial charge on any atom is 0.0234 e. The molecule has 0 aromatic heterocycles. The third kappa shape index (κ3) is 6.98. The summed E-state index contributed by atoms with van der Waals surface area (Å²) in [5, 5.41) is 3.66. The predicted molar refractivity (Wildman–Crippen MR) is 103 cm³/mol. The first-order valence-electron chi connectivity index (χ1n) is 8.62. The first kappa shape index (κ1) is 20.7. The van der Waals surface area contributed by atoms with E-state index in [0.29, 0.717) is 0 Å². The number of benzene rings is 1. The van der Waals surface area contributed by atoms with Gasteiger partial charge in [0.2, 0.25) is 0 Å². The van der Waals surface area contributed by atoms with Gasteiger partial charge in [-0.1, -0.05) is 36.8 Å². The molecule has 5 heteroatoms. The Bertz CT molecular complexity index is 402. The molecule has 1 aromatic carbocycles. The van der Waals surface area contributed by atoms with Gasteiger partial charge in [-0.2, -0.15) is 0 Å². The highest BCUT2D eigenvalue weighted by molar-refractivity contribution is 5.85. The van der Waals surface area contributed by atoms with E-state index >= 15 is 0 Å². The Morgan fingerprint density at radius 3 is 2.26 bits per heavy atom. The molecule has 0 aliphatic carbocycles. The minimum Gasteiger partial charge on any atom is -0.314 e. The van der Waals surface area contributed by atoms with E-state index in [-0.39, 0.29) is 24.8 Å². The third-order valence-corrected chi connectivity index (χ3v) is 4.92. The topological polar surface area (TPSA) is 18.5 Å². The number of hydrogen-bond donors (Lipinski definition) is 1. The zero-order valence-electron chi connectivity index (χ0n) is 14.0. The van der Waals surface area contributed by atoms with Crippen molar-refractivity contribution in [3.8, 4) is 0 Å². The number of halogens is 2. The first-order valence-corrected chi connectivity index (χ1v) is 8.62. The number of piperazine rings is 1. The Labute approximate surface area is 153 Å². The van der Waals surface area contributed by atoms with Crippen LogP contribution in [-0.2, 0) is 6.54 Å². The number of rotatable bonds is 5. The third-order valence-electron chi connectivity index (χ3n) is 4.92. The average molecular weight is 360 g/mol. The molecule has 0 spiro atoms.